The van der Waals surface area contributed by atoms with Gasteiger partial charge in [-0.05, 0) is 25.0 Å². The van der Waals surface area contributed by atoms with Crippen molar-refractivity contribution in [3.05, 3.63) is 28.8 Å². The fourth-order valence-corrected chi connectivity index (χ4v) is 1.63. The standard InChI is InChI=1S/C13H15NO3/c1-4-17-12(15)7-10-6-5-9(2)13(16-3)11(10)8-14/h5-6H,4,7H2,1-3H3. The lowest BCUT2D eigenvalue weighted by Crippen LogP contribution is -2.09. The lowest BCUT2D eigenvalue weighted by atomic mass is 10.0. The molecule has 0 atom stereocenters. The summed E-state index contributed by atoms with van der Waals surface area (Å²) in [6.07, 6.45) is 0.0906. The first-order valence-electron chi connectivity index (χ1n) is 5.36. The van der Waals surface area contributed by atoms with Crippen molar-refractivity contribution in [1.29, 1.82) is 5.26 Å². The van der Waals surface area contributed by atoms with Crippen molar-refractivity contribution in [2.75, 3.05) is 13.7 Å². The van der Waals surface area contributed by atoms with Gasteiger partial charge in [0.25, 0.3) is 0 Å². The summed E-state index contributed by atoms with van der Waals surface area (Å²) in [5.74, 6) is 0.184. The number of methoxy groups -OCH3 is 1. The number of carbonyl (C=O) groups excluding carboxylic acids is 1. The zero-order chi connectivity index (χ0) is 12.8. The average Bonchev–Trinajstić information content (AvgIpc) is 2.31. The summed E-state index contributed by atoms with van der Waals surface area (Å²) in [6, 6.07) is 5.66. The summed E-state index contributed by atoms with van der Waals surface area (Å²) in [4.78, 5) is 11.4. The molecule has 0 bridgehead atoms. The highest BCUT2D eigenvalue weighted by molar-refractivity contribution is 5.74. The predicted molar refractivity (Wildman–Crippen MR) is 62.8 cm³/mol. The first-order valence-corrected chi connectivity index (χ1v) is 5.36. The quantitative estimate of drug-likeness (QED) is 0.746. The van der Waals surface area contributed by atoms with Gasteiger partial charge >= 0.3 is 5.97 Å². The van der Waals surface area contributed by atoms with Crippen LogP contribution in [-0.4, -0.2) is 19.7 Å². The minimum Gasteiger partial charge on any atom is -0.495 e. The number of nitrogens with zero attached hydrogens (tertiary/aromatic N) is 1. The molecule has 0 heterocycles. The Morgan fingerprint density at radius 1 is 1.47 bits per heavy atom. The van der Waals surface area contributed by atoms with Crippen LogP contribution in [0.2, 0.25) is 0 Å². The van der Waals surface area contributed by atoms with E-state index >= 15 is 0 Å². The van der Waals surface area contributed by atoms with E-state index in [4.69, 9.17) is 14.7 Å². The van der Waals surface area contributed by atoms with Crippen LogP contribution >= 0.6 is 0 Å². The van der Waals surface area contributed by atoms with Crippen molar-refractivity contribution in [2.24, 2.45) is 0 Å². The number of esters is 1. The largest absolute Gasteiger partial charge is 0.495 e. The summed E-state index contributed by atoms with van der Waals surface area (Å²) in [5.41, 5.74) is 1.91. The molecule has 0 unspecified atom stereocenters. The van der Waals surface area contributed by atoms with Crippen LogP contribution < -0.4 is 4.74 Å². The molecule has 0 saturated carbocycles. The second-order valence-corrected chi connectivity index (χ2v) is 3.54. The second kappa shape index (κ2) is 5.90. The van der Waals surface area contributed by atoms with Gasteiger partial charge in [0.15, 0.2) is 0 Å². The van der Waals surface area contributed by atoms with Crippen LogP contribution in [0.5, 0.6) is 5.75 Å². The fourth-order valence-electron chi connectivity index (χ4n) is 1.63. The monoisotopic (exact) mass is 233 g/mol. The van der Waals surface area contributed by atoms with Crippen molar-refractivity contribution in [2.45, 2.75) is 20.3 Å². The van der Waals surface area contributed by atoms with E-state index in [1.165, 1.54) is 7.11 Å². The maximum absolute atomic E-state index is 11.4. The number of hydrogen-bond acceptors (Lipinski definition) is 4. The Kier molecular flexibility index (Phi) is 4.53. The van der Waals surface area contributed by atoms with Crippen LogP contribution in [0.25, 0.3) is 0 Å². The van der Waals surface area contributed by atoms with E-state index in [0.717, 1.165) is 5.56 Å². The SMILES string of the molecule is CCOC(=O)Cc1ccc(C)c(OC)c1C#N. The Balaban J connectivity index is 3.09. The number of hydrogen-bond donors (Lipinski definition) is 0. The van der Waals surface area contributed by atoms with Crippen LogP contribution in [0, 0.1) is 18.3 Å². The van der Waals surface area contributed by atoms with Gasteiger partial charge in [-0.3, -0.25) is 4.79 Å². The van der Waals surface area contributed by atoms with Crippen LogP contribution in [0.1, 0.15) is 23.6 Å². The normalized spacial score (nSPS) is 9.53. The molecule has 1 aromatic rings. The zero-order valence-electron chi connectivity index (χ0n) is 10.2. The van der Waals surface area contributed by atoms with Crippen molar-refractivity contribution >= 4 is 5.97 Å². The molecule has 1 rings (SSSR count). The van der Waals surface area contributed by atoms with Crippen LogP contribution in [-0.2, 0) is 16.0 Å². The van der Waals surface area contributed by atoms with Crippen molar-refractivity contribution < 1.29 is 14.3 Å². The first kappa shape index (κ1) is 13.0. The van der Waals surface area contributed by atoms with E-state index in [-0.39, 0.29) is 12.4 Å². The van der Waals surface area contributed by atoms with E-state index in [9.17, 15) is 4.79 Å². The number of rotatable bonds is 4. The van der Waals surface area contributed by atoms with Crippen molar-refractivity contribution in [3.8, 4) is 11.8 Å². The van der Waals surface area contributed by atoms with Gasteiger partial charge in [-0.25, -0.2) is 0 Å². The molecule has 0 aliphatic heterocycles. The van der Waals surface area contributed by atoms with E-state index < -0.39 is 0 Å². The number of aryl methyl sites for hydroxylation is 1. The van der Waals surface area contributed by atoms with Crippen molar-refractivity contribution in [1.82, 2.24) is 0 Å². The zero-order valence-corrected chi connectivity index (χ0v) is 10.2. The molecule has 0 aliphatic carbocycles. The number of carbonyl (C=O) groups is 1. The van der Waals surface area contributed by atoms with Gasteiger partial charge in [0.05, 0.1) is 25.7 Å². The minimum atomic E-state index is -0.338. The third-order valence-corrected chi connectivity index (χ3v) is 2.40. The van der Waals surface area contributed by atoms with Gasteiger partial charge in [-0.2, -0.15) is 5.26 Å². The van der Waals surface area contributed by atoms with Gasteiger partial charge in [0.1, 0.15) is 11.8 Å². The Hall–Kier alpha value is -2.02. The van der Waals surface area contributed by atoms with Crippen LogP contribution in [0.3, 0.4) is 0 Å². The molecule has 0 aromatic heterocycles. The molecule has 4 heteroatoms. The molecule has 0 radical (unpaired) electrons. The van der Waals surface area contributed by atoms with Crippen LogP contribution in [0.4, 0.5) is 0 Å². The Morgan fingerprint density at radius 2 is 2.18 bits per heavy atom. The first-order chi connectivity index (χ1) is 8.13. The second-order valence-electron chi connectivity index (χ2n) is 3.54. The Labute approximate surface area is 101 Å². The maximum Gasteiger partial charge on any atom is 0.310 e. The third-order valence-electron chi connectivity index (χ3n) is 2.40. The van der Waals surface area contributed by atoms with E-state index in [2.05, 4.69) is 6.07 Å². The number of benzene rings is 1. The number of ether oxygens (including phenoxy) is 2. The van der Waals surface area contributed by atoms with Gasteiger partial charge in [-0.1, -0.05) is 12.1 Å². The summed E-state index contributed by atoms with van der Waals surface area (Å²) in [6.45, 7) is 3.94. The minimum absolute atomic E-state index is 0.0906. The van der Waals surface area contributed by atoms with Gasteiger partial charge < -0.3 is 9.47 Å². The number of nitriles is 1. The van der Waals surface area contributed by atoms with Gasteiger partial charge in [0.2, 0.25) is 0 Å². The maximum atomic E-state index is 11.4. The molecular formula is C13H15NO3. The molecule has 1 aromatic carbocycles. The Bertz CT molecular complexity index is 460. The molecule has 0 N–H and O–H groups in total. The lowest BCUT2D eigenvalue weighted by molar-refractivity contribution is -0.142. The van der Waals surface area contributed by atoms with Gasteiger partial charge in [-0.15, -0.1) is 0 Å². The average molecular weight is 233 g/mol. The van der Waals surface area contributed by atoms with Gasteiger partial charge in [0, 0.05) is 0 Å². The van der Waals surface area contributed by atoms with E-state index in [0.29, 0.717) is 23.5 Å². The Morgan fingerprint density at radius 3 is 2.71 bits per heavy atom. The summed E-state index contributed by atoms with van der Waals surface area (Å²) in [7, 11) is 1.51. The molecule has 4 nitrogen and oxygen atoms in total. The molecule has 0 fully saturated rings. The van der Waals surface area contributed by atoms with Crippen LogP contribution in [0.15, 0.2) is 12.1 Å². The molecule has 0 amide bonds. The smallest absolute Gasteiger partial charge is 0.310 e. The fraction of sp³-hybridized carbons (Fsp3) is 0.385. The molecule has 17 heavy (non-hydrogen) atoms. The summed E-state index contributed by atoms with van der Waals surface area (Å²) in [5, 5.41) is 9.12. The third kappa shape index (κ3) is 2.97. The van der Waals surface area contributed by atoms with E-state index in [1.54, 1.807) is 13.0 Å². The highest BCUT2D eigenvalue weighted by Gasteiger charge is 2.14. The molecule has 90 valence electrons. The highest BCUT2D eigenvalue weighted by atomic mass is 16.5. The van der Waals surface area contributed by atoms with E-state index in [1.807, 2.05) is 13.0 Å². The highest BCUT2D eigenvalue weighted by Crippen LogP contribution is 2.26. The molecule has 0 aliphatic rings. The molecule has 0 saturated heterocycles. The summed E-state index contributed by atoms with van der Waals surface area (Å²) >= 11 is 0. The topological polar surface area (TPSA) is 59.3 Å². The van der Waals surface area contributed by atoms with Crippen molar-refractivity contribution in [3.63, 3.8) is 0 Å². The predicted octanol–water partition coefficient (Wildman–Crippen LogP) is 1.98. The summed E-state index contributed by atoms with van der Waals surface area (Å²) < 4.78 is 10.0. The lowest BCUT2D eigenvalue weighted by Gasteiger charge is -2.10. The molecular weight excluding hydrogens is 218 g/mol. The molecule has 0 spiro atoms.